The first-order chi connectivity index (χ1) is 9.52. The maximum Gasteiger partial charge on any atom is 0.337 e. The van der Waals surface area contributed by atoms with Crippen LogP contribution in [0.25, 0.3) is 0 Å². The maximum atomic E-state index is 13.6. The van der Waals surface area contributed by atoms with Gasteiger partial charge in [0.1, 0.15) is 11.6 Å². The molecule has 1 amide bonds. The largest absolute Gasteiger partial charge is 0.469 e. The molecule has 0 aliphatic rings. The Labute approximate surface area is 114 Å². The van der Waals surface area contributed by atoms with E-state index < -0.39 is 17.7 Å². The van der Waals surface area contributed by atoms with Crippen molar-refractivity contribution in [1.29, 1.82) is 0 Å². The minimum atomic E-state index is -0.646. The maximum absolute atomic E-state index is 13.6. The van der Waals surface area contributed by atoms with Crippen molar-refractivity contribution >= 4 is 17.6 Å². The highest BCUT2D eigenvalue weighted by atomic mass is 19.1. The fraction of sp³-hybridized carbons (Fsp3) is 0.143. The average molecular weight is 277 g/mol. The van der Waals surface area contributed by atoms with Gasteiger partial charge in [-0.2, -0.15) is 0 Å². The molecule has 1 heterocycles. The molecule has 1 aromatic heterocycles. The lowest BCUT2D eigenvalue weighted by molar-refractivity contribution is 0.0600. The van der Waals surface area contributed by atoms with E-state index in [0.717, 1.165) is 6.07 Å². The van der Waals surface area contributed by atoms with Crippen LogP contribution in [0.2, 0.25) is 0 Å². The summed E-state index contributed by atoms with van der Waals surface area (Å²) in [6.07, 6.45) is 1.37. The van der Waals surface area contributed by atoms with Gasteiger partial charge in [-0.25, -0.2) is 9.18 Å². The first-order valence-electron chi connectivity index (χ1n) is 5.76. The molecule has 0 spiro atoms. The summed E-state index contributed by atoms with van der Waals surface area (Å²) in [4.78, 5) is 23.3. The summed E-state index contributed by atoms with van der Waals surface area (Å²) in [5.41, 5.74) is 0.347. The topological polar surface area (TPSA) is 68.5 Å². The molecule has 0 saturated heterocycles. The Kier molecular flexibility index (Phi) is 3.84. The van der Waals surface area contributed by atoms with Gasteiger partial charge in [-0.05, 0) is 31.2 Å². The summed E-state index contributed by atoms with van der Waals surface area (Å²) in [5.74, 6) is -1.35. The smallest absolute Gasteiger partial charge is 0.337 e. The highest BCUT2D eigenvalue weighted by molar-refractivity contribution is 6.05. The normalized spacial score (nSPS) is 10.2. The van der Waals surface area contributed by atoms with Crippen molar-refractivity contribution in [3.8, 4) is 0 Å². The number of carbonyl (C=O) groups excluding carboxylic acids is 2. The molecule has 6 heteroatoms. The van der Waals surface area contributed by atoms with Crippen molar-refractivity contribution in [2.45, 2.75) is 6.92 Å². The minimum absolute atomic E-state index is 0.0986. The van der Waals surface area contributed by atoms with Crippen molar-refractivity contribution < 1.29 is 23.1 Å². The molecule has 0 bridgehead atoms. The number of rotatable bonds is 3. The van der Waals surface area contributed by atoms with Gasteiger partial charge in [-0.3, -0.25) is 4.79 Å². The van der Waals surface area contributed by atoms with Gasteiger partial charge < -0.3 is 14.5 Å². The summed E-state index contributed by atoms with van der Waals surface area (Å²) in [5, 5.41) is 2.39. The van der Waals surface area contributed by atoms with E-state index in [2.05, 4.69) is 10.1 Å². The van der Waals surface area contributed by atoms with Crippen molar-refractivity contribution in [3.05, 3.63) is 53.2 Å². The van der Waals surface area contributed by atoms with Gasteiger partial charge in [0.05, 0.1) is 30.2 Å². The molecule has 0 aliphatic carbocycles. The molecule has 2 rings (SSSR count). The number of ether oxygens (including phenoxy) is 1. The van der Waals surface area contributed by atoms with Gasteiger partial charge in [-0.1, -0.05) is 0 Å². The van der Waals surface area contributed by atoms with Crippen molar-refractivity contribution in [2.75, 3.05) is 12.4 Å². The molecule has 0 unspecified atom stereocenters. The van der Waals surface area contributed by atoms with Crippen LogP contribution in [0, 0.1) is 12.7 Å². The number of nitrogens with one attached hydrogen (secondary N) is 1. The van der Waals surface area contributed by atoms with Crippen LogP contribution < -0.4 is 5.32 Å². The third kappa shape index (κ3) is 2.69. The molecule has 5 nitrogen and oxygen atoms in total. The number of anilines is 1. The Hall–Kier alpha value is -2.63. The predicted molar refractivity (Wildman–Crippen MR) is 69.1 cm³/mol. The molecular weight excluding hydrogens is 265 g/mol. The number of methoxy groups -OCH3 is 1. The van der Waals surface area contributed by atoms with Crippen LogP contribution in [0.3, 0.4) is 0 Å². The van der Waals surface area contributed by atoms with Crippen molar-refractivity contribution in [1.82, 2.24) is 0 Å². The summed E-state index contributed by atoms with van der Waals surface area (Å²) in [6.45, 7) is 1.62. The zero-order chi connectivity index (χ0) is 14.7. The Bertz CT molecular complexity index is 663. The van der Waals surface area contributed by atoms with Crippen molar-refractivity contribution in [2.24, 2.45) is 0 Å². The van der Waals surface area contributed by atoms with Crippen LogP contribution in [0.15, 0.2) is 34.9 Å². The second kappa shape index (κ2) is 5.56. The van der Waals surface area contributed by atoms with E-state index in [0.29, 0.717) is 11.3 Å². The number of amides is 1. The summed E-state index contributed by atoms with van der Waals surface area (Å²) in [7, 11) is 1.22. The van der Waals surface area contributed by atoms with Gasteiger partial charge >= 0.3 is 5.97 Å². The third-order valence-corrected chi connectivity index (χ3v) is 2.74. The number of halogens is 1. The van der Waals surface area contributed by atoms with Crippen LogP contribution in [0.1, 0.15) is 26.5 Å². The third-order valence-electron chi connectivity index (χ3n) is 2.74. The first kappa shape index (κ1) is 13.8. The van der Waals surface area contributed by atoms with Crippen LogP contribution in [-0.2, 0) is 4.74 Å². The predicted octanol–water partition coefficient (Wildman–Crippen LogP) is 2.77. The van der Waals surface area contributed by atoms with Crippen molar-refractivity contribution in [3.63, 3.8) is 0 Å². The van der Waals surface area contributed by atoms with Crippen LogP contribution in [-0.4, -0.2) is 19.0 Å². The van der Waals surface area contributed by atoms with Gasteiger partial charge in [0.2, 0.25) is 0 Å². The lowest BCUT2D eigenvalue weighted by Crippen LogP contribution is -2.14. The number of aryl methyl sites for hydroxylation is 1. The summed E-state index contributed by atoms with van der Waals surface area (Å²) >= 11 is 0. The number of hydrogen-bond acceptors (Lipinski definition) is 4. The van der Waals surface area contributed by atoms with Gasteiger partial charge in [-0.15, -0.1) is 0 Å². The van der Waals surface area contributed by atoms with E-state index in [-0.39, 0.29) is 11.3 Å². The van der Waals surface area contributed by atoms with Crippen LogP contribution in [0.4, 0.5) is 10.1 Å². The molecule has 0 radical (unpaired) electrons. The number of carbonyl (C=O) groups is 2. The lowest BCUT2D eigenvalue weighted by Gasteiger charge is -2.07. The molecule has 1 N–H and O–H groups in total. The Morgan fingerprint density at radius 3 is 2.65 bits per heavy atom. The standard InChI is InChI=1S/C14H12FNO4/c1-8-10(5-6-20-8)13(17)16-12-7-9(14(18)19-2)3-4-11(12)15/h3-7H,1-2H3,(H,16,17). The first-order valence-corrected chi connectivity index (χ1v) is 5.76. The molecule has 0 saturated carbocycles. The van der Waals surface area contributed by atoms with Gasteiger partial charge in [0.25, 0.3) is 5.91 Å². The SMILES string of the molecule is COC(=O)c1ccc(F)c(NC(=O)c2ccoc2C)c1. The average Bonchev–Trinajstić information content (AvgIpc) is 2.86. The fourth-order valence-electron chi connectivity index (χ4n) is 1.68. The summed E-state index contributed by atoms with van der Waals surface area (Å²) in [6, 6.07) is 5.06. The molecule has 0 aliphatic heterocycles. The second-order valence-corrected chi connectivity index (χ2v) is 4.03. The van der Waals surface area contributed by atoms with Gasteiger partial charge in [0, 0.05) is 0 Å². The Balaban J connectivity index is 2.27. The zero-order valence-electron chi connectivity index (χ0n) is 10.9. The molecular formula is C14H12FNO4. The highest BCUT2D eigenvalue weighted by Crippen LogP contribution is 2.19. The molecule has 0 atom stereocenters. The molecule has 1 aromatic carbocycles. The van der Waals surface area contributed by atoms with Crippen LogP contribution in [0.5, 0.6) is 0 Å². The summed E-state index contributed by atoms with van der Waals surface area (Å²) < 4.78 is 23.2. The van der Waals surface area contributed by atoms with Gasteiger partial charge in [0.15, 0.2) is 0 Å². The number of furan rings is 1. The van der Waals surface area contributed by atoms with E-state index in [9.17, 15) is 14.0 Å². The number of esters is 1. The Morgan fingerprint density at radius 2 is 2.05 bits per heavy atom. The highest BCUT2D eigenvalue weighted by Gasteiger charge is 2.15. The monoisotopic (exact) mass is 277 g/mol. The zero-order valence-corrected chi connectivity index (χ0v) is 10.9. The molecule has 104 valence electrons. The Morgan fingerprint density at radius 1 is 1.30 bits per heavy atom. The molecule has 0 fully saturated rings. The van der Waals surface area contributed by atoms with E-state index in [1.54, 1.807) is 6.92 Å². The van der Waals surface area contributed by atoms with E-state index in [1.165, 1.54) is 31.6 Å². The minimum Gasteiger partial charge on any atom is -0.469 e. The number of hydrogen-bond donors (Lipinski definition) is 1. The number of benzene rings is 1. The van der Waals surface area contributed by atoms with Crippen LogP contribution >= 0.6 is 0 Å². The van der Waals surface area contributed by atoms with E-state index >= 15 is 0 Å². The lowest BCUT2D eigenvalue weighted by atomic mass is 10.1. The quantitative estimate of drug-likeness (QED) is 0.876. The second-order valence-electron chi connectivity index (χ2n) is 4.03. The van der Waals surface area contributed by atoms with E-state index in [1.807, 2.05) is 0 Å². The van der Waals surface area contributed by atoms with E-state index in [4.69, 9.17) is 4.42 Å². The molecule has 20 heavy (non-hydrogen) atoms. The fourth-order valence-corrected chi connectivity index (χ4v) is 1.68. The molecule has 2 aromatic rings.